The summed E-state index contributed by atoms with van der Waals surface area (Å²) < 4.78 is 70.5. The van der Waals surface area contributed by atoms with Gasteiger partial charge in [0.25, 0.3) is 0 Å². The lowest BCUT2D eigenvalue weighted by Crippen LogP contribution is -2.36. The zero-order valence-corrected chi connectivity index (χ0v) is 20.5. The highest BCUT2D eigenvalue weighted by molar-refractivity contribution is 7.92. The van der Waals surface area contributed by atoms with Gasteiger partial charge >= 0.3 is 10.1 Å². The van der Waals surface area contributed by atoms with Crippen LogP contribution in [0.5, 0.6) is 5.75 Å². The summed E-state index contributed by atoms with van der Waals surface area (Å²) in [6.45, 7) is 3.85. The molecule has 0 heterocycles. The summed E-state index contributed by atoms with van der Waals surface area (Å²) in [7, 11) is -7.84. The Balaban J connectivity index is 1.76. The molecule has 0 saturated carbocycles. The largest absolute Gasteiger partial charge is 0.379 e. The van der Waals surface area contributed by atoms with Crippen molar-refractivity contribution in [2.75, 3.05) is 0 Å². The molecule has 6 nitrogen and oxygen atoms in total. The Bertz CT molecular complexity index is 1320. The van der Waals surface area contributed by atoms with Crippen molar-refractivity contribution in [3.63, 3.8) is 0 Å². The molecule has 0 fully saturated rings. The second-order valence-electron chi connectivity index (χ2n) is 7.70. The average Bonchev–Trinajstić information content (AvgIpc) is 2.82. The lowest BCUT2D eigenvalue weighted by molar-refractivity contribution is 0.327. The fourth-order valence-electron chi connectivity index (χ4n) is 3.11. The molecule has 0 aliphatic carbocycles. The number of nitrogens with zero attached hydrogens (tertiary/aromatic N) is 1. The number of benzene rings is 3. The van der Waals surface area contributed by atoms with Crippen LogP contribution in [0.1, 0.15) is 31.4 Å². The summed E-state index contributed by atoms with van der Waals surface area (Å²) in [5, 5.41) is 1.20. The number of hydrogen-bond acceptors (Lipinski definition) is 5. The van der Waals surface area contributed by atoms with Crippen molar-refractivity contribution < 1.29 is 25.4 Å². The second kappa shape index (κ2) is 10.9. The third kappa shape index (κ3) is 6.75. The van der Waals surface area contributed by atoms with E-state index in [1.54, 1.807) is 18.2 Å². The topological polar surface area (TPSA) is 80.8 Å². The zero-order valence-electron chi connectivity index (χ0n) is 18.8. The van der Waals surface area contributed by atoms with Gasteiger partial charge < -0.3 is 4.18 Å². The molecule has 0 spiro atoms. The van der Waals surface area contributed by atoms with Gasteiger partial charge in [-0.15, -0.1) is 0 Å². The molecule has 3 aromatic rings. The molecule has 9 heteroatoms. The number of hydrogen-bond donors (Lipinski definition) is 0. The Morgan fingerprint density at radius 1 is 0.912 bits per heavy atom. The molecular formula is C25H26FNO5S2. The van der Waals surface area contributed by atoms with Crippen molar-refractivity contribution in [1.82, 2.24) is 4.31 Å². The maximum atomic E-state index is 13.1. The molecule has 3 rings (SSSR count). The monoisotopic (exact) mass is 503 g/mol. The van der Waals surface area contributed by atoms with Crippen molar-refractivity contribution in [3.8, 4) is 5.75 Å². The molecule has 0 radical (unpaired) electrons. The van der Waals surface area contributed by atoms with E-state index in [4.69, 9.17) is 4.18 Å². The summed E-state index contributed by atoms with van der Waals surface area (Å²) in [5.74, 6) is -0.488. The van der Waals surface area contributed by atoms with Crippen LogP contribution in [0.15, 0.2) is 89.2 Å². The summed E-state index contributed by atoms with van der Waals surface area (Å²) in [6.07, 6.45) is 2.18. The normalized spacial score (nSPS) is 13.3. The van der Waals surface area contributed by atoms with E-state index in [9.17, 15) is 21.2 Å². The minimum absolute atomic E-state index is 0.0648. The van der Waals surface area contributed by atoms with E-state index in [0.717, 1.165) is 29.8 Å². The molecule has 0 aliphatic heterocycles. The molecule has 0 saturated heterocycles. The van der Waals surface area contributed by atoms with Crippen LogP contribution < -0.4 is 4.18 Å². The van der Waals surface area contributed by atoms with E-state index in [1.165, 1.54) is 21.8 Å². The van der Waals surface area contributed by atoms with E-state index < -0.39 is 26.0 Å². The van der Waals surface area contributed by atoms with Crippen molar-refractivity contribution in [1.29, 1.82) is 0 Å². The first kappa shape index (κ1) is 25.6. The van der Waals surface area contributed by atoms with Crippen molar-refractivity contribution in [3.05, 3.63) is 101 Å². The van der Waals surface area contributed by atoms with E-state index in [2.05, 4.69) is 0 Å². The third-order valence-corrected chi connectivity index (χ3v) is 8.10. The van der Waals surface area contributed by atoms with Gasteiger partial charge in [0.2, 0.25) is 10.0 Å². The smallest absolute Gasteiger partial charge is 0.339 e. The molecule has 0 amide bonds. The van der Waals surface area contributed by atoms with Crippen LogP contribution in [0.3, 0.4) is 0 Å². The molecule has 180 valence electrons. The highest BCUT2D eigenvalue weighted by Crippen LogP contribution is 2.22. The molecule has 34 heavy (non-hydrogen) atoms. The number of sulfonamides is 1. The van der Waals surface area contributed by atoms with E-state index in [-0.39, 0.29) is 23.2 Å². The lowest BCUT2D eigenvalue weighted by atomic mass is 10.2. The highest BCUT2D eigenvalue weighted by atomic mass is 32.2. The van der Waals surface area contributed by atoms with Crippen molar-refractivity contribution in [2.24, 2.45) is 0 Å². The minimum Gasteiger partial charge on any atom is -0.379 e. The first-order valence-electron chi connectivity index (χ1n) is 10.6. The second-order valence-corrected chi connectivity index (χ2v) is 11.0. The molecule has 1 atom stereocenters. The molecule has 0 N–H and O–H groups in total. The molecule has 0 aliphatic rings. The maximum absolute atomic E-state index is 13.1. The van der Waals surface area contributed by atoms with Gasteiger partial charge in [-0.1, -0.05) is 49.4 Å². The lowest BCUT2D eigenvalue weighted by Gasteiger charge is -2.26. The summed E-state index contributed by atoms with van der Waals surface area (Å²) in [6, 6.07) is 19.4. The van der Waals surface area contributed by atoms with Crippen LogP contribution in [0, 0.1) is 5.82 Å². The fourth-order valence-corrected chi connectivity index (χ4v) is 5.51. The van der Waals surface area contributed by atoms with Crippen LogP contribution in [-0.2, 0) is 26.7 Å². The maximum Gasteiger partial charge on any atom is 0.339 e. The predicted octanol–water partition coefficient (Wildman–Crippen LogP) is 5.19. The van der Waals surface area contributed by atoms with E-state index in [1.807, 2.05) is 44.2 Å². The summed E-state index contributed by atoms with van der Waals surface area (Å²) >= 11 is 0. The van der Waals surface area contributed by atoms with Gasteiger partial charge in [0, 0.05) is 18.0 Å². The van der Waals surface area contributed by atoms with Crippen molar-refractivity contribution >= 4 is 26.2 Å². The van der Waals surface area contributed by atoms with Gasteiger partial charge in [-0.05, 0) is 66.9 Å². The number of halogens is 1. The highest BCUT2D eigenvalue weighted by Gasteiger charge is 2.24. The fraction of sp³-hybridized carbons (Fsp3) is 0.200. The first-order chi connectivity index (χ1) is 16.1. The van der Waals surface area contributed by atoms with Gasteiger partial charge in [0.05, 0.1) is 0 Å². The first-order valence-corrected chi connectivity index (χ1v) is 13.6. The Labute approximate surface area is 200 Å². The van der Waals surface area contributed by atoms with Crippen LogP contribution >= 0.6 is 0 Å². The number of rotatable bonds is 10. The van der Waals surface area contributed by atoms with Crippen LogP contribution in [0.4, 0.5) is 4.39 Å². The molecule has 0 bridgehead atoms. The molecule has 0 aromatic heterocycles. The van der Waals surface area contributed by atoms with E-state index in [0.29, 0.717) is 12.0 Å². The predicted molar refractivity (Wildman–Crippen MR) is 130 cm³/mol. The SMILES string of the molecule is CCC(C)N(Cc1ccc(OS(=O)(=O)c2ccc(F)cc2)cc1)S(=O)(=O)/C=C/c1ccccc1. The van der Waals surface area contributed by atoms with Gasteiger partial charge in [0.15, 0.2) is 0 Å². The van der Waals surface area contributed by atoms with Gasteiger partial charge in [-0.2, -0.15) is 12.7 Å². The van der Waals surface area contributed by atoms with E-state index >= 15 is 0 Å². The summed E-state index contributed by atoms with van der Waals surface area (Å²) in [4.78, 5) is -0.169. The average molecular weight is 504 g/mol. The van der Waals surface area contributed by atoms with Gasteiger partial charge in [-0.3, -0.25) is 0 Å². The summed E-state index contributed by atoms with van der Waals surface area (Å²) in [5.41, 5.74) is 1.45. The quantitative estimate of drug-likeness (QED) is 0.356. The Kier molecular flexibility index (Phi) is 8.24. The van der Waals surface area contributed by atoms with Crippen molar-refractivity contribution in [2.45, 2.75) is 37.8 Å². The van der Waals surface area contributed by atoms with Crippen LogP contribution in [0.2, 0.25) is 0 Å². The zero-order chi connectivity index (χ0) is 24.8. The third-order valence-electron chi connectivity index (χ3n) is 5.21. The Morgan fingerprint density at radius 2 is 1.53 bits per heavy atom. The molecular weight excluding hydrogens is 477 g/mol. The molecule has 1 unspecified atom stereocenters. The minimum atomic E-state index is -4.12. The Morgan fingerprint density at radius 3 is 2.12 bits per heavy atom. The standard InChI is InChI=1S/C25H26FNO5S2/c1-3-20(2)27(33(28,29)18-17-21-7-5-4-6-8-21)19-22-9-13-24(14-10-22)32-34(30,31)25-15-11-23(26)12-16-25/h4-18,20H,3,19H2,1-2H3/b18-17+. The molecule has 3 aromatic carbocycles. The van der Waals surface area contributed by atoms with Crippen LogP contribution in [0.25, 0.3) is 6.08 Å². The van der Waals surface area contributed by atoms with Crippen LogP contribution in [-0.4, -0.2) is 27.2 Å². The van der Waals surface area contributed by atoms with Gasteiger partial charge in [0.1, 0.15) is 16.5 Å². The van der Waals surface area contributed by atoms with Gasteiger partial charge in [-0.25, -0.2) is 12.8 Å². The Hall–Kier alpha value is -3.01.